The Morgan fingerprint density at radius 2 is 2.18 bits per heavy atom. The fourth-order valence-corrected chi connectivity index (χ4v) is 1.95. The highest BCUT2D eigenvalue weighted by molar-refractivity contribution is 5.96. The summed E-state index contributed by atoms with van der Waals surface area (Å²) >= 11 is 0. The van der Waals surface area contributed by atoms with E-state index in [1.54, 1.807) is 13.0 Å². The van der Waals surface area contributed by atoms with Crippen LogP contribution in [0.2, 0.25) is 0 Å². The van der Waals surface area contributed by atoms with E-state index in [0.717, 1.165) is 18.4 Å². The predicted octanol–water partition coefficient (Wildman–Crippen LogP) is 4.08. The van der Waals surface area contributed by atoms with Crippen molar-refractivity contribution in [2.45, 2.75) is 39.0 Å². The predicted molar refractivity (Wildman–Crippen MR) is 85.3 cm³/mol. The van der Waals surface area contributed by atoms with Gasteiger partial charge >= 0.3 is 5.97 Å². The van der Waals surface area contributed by atoms with E-state index in [1.165, 1.54) is 0 Å². The van der Waals surface area contributed by atoms with Gasteiger partial charge in [0.2, 0.25) is 0 Å². The Kier molecular flexibility index (Phi) is 7.63. The van der Waals surface area contributed by atoms with Gasteiger partial charge in [-0.2, -0.15) is 5.26 Å². The first-order chi connectivity index (χ1) is 10.5. The van der Waals surface area contributed by atoms with Crippen molar-refractivity contribution in [3.05, 3.63) is 41.5 Å². The second kappa shape index (κ2) is 9.51. The number of ketones is 1. The minimum atomic E-state index is -0.873. The lowest BCUT2D eigenvalue weighted by Gasteiger charge is -2.06. The third-order valence-electron chi connectivity index (χ3n) is 3.40. The maximum Gasteiger partial charge on any atom is 0.306 e. The highest BCUT2D eigenvalue weighted by atomic mass is 16.4. The molecule has 0 aliphatic carbocycles. The molecule has 0 saturated carbocycles. The highest BCUT2D eigenvalue weighted by Crippen LogP contribution is 2.14. The number of nitrogens with zero attached hydrogens (tertiary/aromatic N) is 1. The van der Waals surface area contributed by atoms with Crippen LogP contribution in [0, 0.1) is 17.2 Å². The minimum absolute atomic E-state index is 0.0344. The molecule has 0 bridgehead atoms. The van der Waals surface area contributed by atoms with Crippen LogP contribution in [0.4, 0.5) is 0 Å². The maximum atomic E-state index is 12.1. The molecule has 1 N–H and O–H groups in total. The van der Waals surface area contributed by atoms with Crippen LogP contribution in [-0.2, 0) is 4.79 Å². The molecule has 0 amide bonds. The number of unbranched alkanes of at least 4 members (excludes halogenated alkanes) is 2. The Morgan fingerprint density at radius 3 is 2.86 bits per heavy atom. The van der Waals surface area contributed by atoms with Gasteiger partial charge in [-0.3, -0.25) is 9.59 Å². The minimum Gasteiger partial charge on any atom is -0.481 e. The van der Waals surface area contributed by atoms with Crippen LogP contribution in [0.1, 0.15) is 54.9 Å². The molecule has 1 atom stereocenters. The zero-order valence-corrected chi connectivity index (χ0v) is 12.8. The molecule has 0 aliphatic rings. The van der Waals surface area contributed by atoms with Crippen molar-refractivity contribution < 1.29 is 14.7 Å². The molecular weight excluding hydrogens is 278 g/mol. The zero-order chi connectivity index (χ0) is 16.4. The van der Waals surface area contributed by atoms with Gasteiger partial charge in [-0.25, -0.2) is 0 Å². The summed E-state index contributed by atoms with van der Waals surface area (Å²) in [5, 5.41) is 17.3. The number of carboxylic acids is 1. The van der Waals surface area contributed by atoms with Crippen molar-refractivity contribution in [2.24, 2.45) is 5.92 Å². The Hall–Kier alpha value is -2.41. The summed E-state index contributed by atoms with van der Waals surface area (Å²) in [5.74, 6) is -1.41. The van der Waals surface area contributed by atoms with Gasteiger partial charge in [-0.15, -0.1) is 0 Å². The number of allylic oxidation sites excluding steroid dienone is 1. The average Bonchev–Trinajstić information content (AvgIpc) is 2.52. The monoisotopic (exact) mass is 299 g/mol. The quantitative estimate of drug-likeness (QED) is 0.550. The molecule has 4 heteroatoms. The zero-order valence-electron chi connectivity index (χ0n) is 12.8. The second-order valence-corrected chi connectivity index (χ2v) is 5.28. The number of Topliss-reactive ketones (excluding diaryl/α,β-unsaturated/α-hetero) is 1. The molecule has 22 heavy (non-hydrogen) atoms. The molecule has 0 unspecified atom stereocenters. The summed E-state index contributed by atoms with van der Waals surface area (Å²) in [6.07, 6.45) is 6.73. The lowest BCUT2D eigenvalue weighted by molar-refractivity contribution is -0.141. The number of carbonyl (C=O) groups excluding carboxylic acids is 1. The molecule has 0 saturated heterocycles. The third-order valence-corrected chi connectivity index (χ3v) is 3.40. The van der Waals surface area contributed by atoms with Crippen LogP contribution in [0.15, 0.2) is 30.3 Å². The summed E-state index contributed by atoms with van der Waals surface area (Å²) < 4.78 is 0. The largest absolute Gasteiger partial charge is 0.481 e. The van der Waals surface area contributed by atoms with Crippen molar-refractivity contribution >= 4 is 17.8 Å². The Morgan fingerprint density at radius 1 is 1.41 bits per heavy atom. The van der Waals surface area contributed by atoms with Crippen LogP contribution in [-0.4, -0.2) is 16.9 Å². The lowest BCUT2D eigenvalue weighted by atomic mass is 9.99. The van der Waals surface area contributed by atoms with Crippen molar-refractivity contribution in [2.75, 3.05) is 0 Å². The van der Waals surface area contributed by atoms with Gasteiger partial charge in [0.25, 0.3) is 0 Å². The SMILES string of the molecule is C[C@@H](CCC(=O)c1cccc(/C=C\CCCC#N)c1)C(=O)O. The van der Waals surface area contributed by atoms with Crippen LogP contribution >= 0.6 is 0 Å². The highest BCUT2D eigenvalue weighted by Gasteiger charge is 2.14. The Labute approximate surface area is 131 Å². The van der Waals surface area contributed by atoms with Gasteiger partial charge in [-0.05, 0) is 30.9 Å². The second-order valence-electron chi connectivity index (χ2n) is 5.28. The van der Waals surface area contributed by atoms with Crippen molar-refractivity contribution in [1.29, 1.82) is 5.26 Å². The summed E-state index contributed by atoms with van der Waals surface area (Å²) in [7, 11) is 0. The first-order valence-corrected chi connectivity index (χ1v) is 7.44. The average molecular weight is 299 g/mol. The van der Waals surface area contributed by atoms with Crippen molar-refractivity contribution in [3.63, 3.8) is 0 Å². The molecule has 1 aromatic rings. The Bertz CT molecular complexity index is 584. The van der Waals surface area contributed by atoms with E-state index in [2.05, 4.69) is 6.07 Å². The number of hydrogen-bond acceptors (Lipinski definition) is 3. The van der Waals surface area contributed by atoms with Gasteiger partial charge in [0, 0.05) is 18.4 Å². The summed E-state index contributed by atoms with van der Waals surface area (Å²) in [5.41, 5.74) is 1.55. The van der Waals surface area contributed by atoms with Gasteiger partial charge in [0.15, 0.2) is 5.78 Å². The number of carbonyl (C=O) groups is 2. The molecule has 0 aliphatic heterocycles. The number of rotatable bonds is 9. The van der Waals surface area contributed by atoms with E-state index >= 15 is 0 Å². The molecule has 0 aromatic heterocycles. The number of hydrogen-bond donors (Lipinski definition) is 1. The third kappa shape index (κ3) is 6.36. The molecular formula is C18H21NO3. The van der Waals surface area contributed by atoms with Gasteiger partial charge in [-0.1, -0.05) is 37.3 Å². The summed E-state index contributed by atoms with van der Waals surface area (Å²) in [6, 6.07) is 9.40. The molecule has 0 radical (unpaired) electrons. The van der Waals surface area contributed by atoms with Gasteiger partial charge in [0.05, 0.1) is 12.0 Å². The Balaban J connectivity index is 2.57. The standard InChI is InChI=1S/C18H21NO3/c1-14(18(21)22)10-11-17(20)16-9-6-8-15(13-16)7-4-2-3-5-12-19/h4,6-9,13-14H,2-3,5,10-11H2,1H3,(H,21,22)/b7-4-/t14-/m0/s1. The molecule has 1 aromatic carbocycles. The molecule has 0 spiro atoms. The number of nitriles is 1. The van der Waals surface area contributed by atoms with E-state index in [1.807, 2.05) is 30.4 Å². The normalized spacial score (nSPS) is 12.0. The molecule has 4 nitrogen and oxygen atoms in total. The topological polar surface area (TPSA) is 78.2 Å². The smallest absolute Gasteiger partial charge is 0.306 e. The first-order valence-electron chi connectivity index (χ1n) is 7.44. The van der Waals surface area contributed by atoms with Crippen LogP contribution in [0.5, 0.6) is 0 Å². The van der Waals surface area contributed by atoms with E-state index in [0.29, 0.717) is 18.4 Å². The van der Waals surface area contributed by atoms with E-state index in [-0.39, 0.29) is 12.2 Å². The fourth-order valence-electron chi connectivity index (χ4n) is 1.95. The molecule has 0 fully saturated rings. The summed E-state index contributed by atoms with van der Waals surface area (Å²) in [6.45, 7) is 1.61. The number of benzene rings is 1. The van der Waals surface area contributed by atoms with Gasteiger partial charge in [0.1, 0.15) is 0 Å². The van der Waals surface area contributed by atoms with Crippen LogP contribution in [0.3, 0.4) is 0 Å². The molecule has 0 heterocycles. The van der Waals surface area contributed by atoms with Crippen molar-refractivity contribution in [1.82, 2.24) is 0 Å². The van der Waals surface area contributed by atoms with Crippen LogP contribution in [0.25, 0.3) is 6.08 Å². The first kappa shape index (κ1) is 17.6. The molecule has 1 rings (SSSR count). The fraction of sp³-hybridized carbons (Fsp3) is 0.389. The number of carboxylic acid groups (broad SMARTS) is 1. The summed E-state index contributed by atoms with van der Waals surface area (Å²) in [4.78, 5) is 22.8. The number of aliphatic carboxylic acids is 1. The lowest BCUT2D eigenvalue weighted by Crippen LogP contribution is -2.11. The van der Waals surface area contributed by atoms with E-state index in [9.17, 15) is 9.59 Å². The maximum absolute atomic E-state index is 12.1. The van der Waals surface area contributed by atoms with E-state index < -0.39 is 11.9 Å². The van der Waals surface area contributed by atoms with Crippen LogP contribution < -0.4 is 0 Å². The van der Waals surface area contributed by atoms with Crippen molar-refractivity contribution in [3.8, 4) is 6.07 Å². The van der Waals surface area contributed by atoms with Gasteiger partial charge < -0.3 is 5.11 Å². The van der Waals surface area contributed by atoms with E-state index in [4.69, 9.17) is 10.4 Å². The molecule has 116 valence electrons.